The third-order valence-electron chi connectivity index (χ3n) is 2.62. The van der Waals surface area contributed by atoms with Crippen molar-refractivity contribution in [3.8, 4) is 0 Å². The molecular formula is C12H21BrN2O3S. The molecule has 1 heterocycles. The van der Waals surface area contributed by atoms with Crippen LogP contribution in [0, 0.1) is 0 Å². The predicted molar refractivity (Wildman–Crippen MR) is 78.5 cm³/mol. The van der Waals surface area contributed by atoms with Gasteiger partial charge < -0.3 is 9.73 Å². The predicted octanol–water partition coefficient (Wildman–Crippen LogP) is 2.57. The van der Waals surface area contributed by atoms with E-state index in [-0.39, 0.29) is 9.56 Å². The van der Waals surface area contributed by atoms with Crippen molar-refractivity contribution in [1.29, 1.82) is 0 Å². The topological polar surface area (TPSA) is 62.6 Å². The molecule has 1 aromatic heterocycles. The molecule has 110 valence electrons. The fraction of sp³-hybridized carbons (Fsp3) is 0.667. The van der Waals surface area contributed by atoms with Crippen LogP contribution >= 0.6 is 15.9 Å². The Labute approximate surface area is 123 Å². The van der Waals surface area contributed by atoms with Crippen LogP contribution in [0.5, 0.6) is 0 Å². The van der Waals surface area contributed by atoms with Crippen molar-refractivity contribution in [1.82, 2.24) is 9.62 Å². The van der Waals surface area contributed by atoms with E-state index in [0.717, 1.165) is 12.8 Å². The normalized spacial score (nSPS) is 12.3. The van der Waals surface area contributed by atoms with E-state index in [4.69, 9.17) is 4.42 Å². The van der Waals surface area contributed by atoms with Gasteiger partial charge in [0.05, 0.1) is 6.54 Å². The van der Waals surface area contributed by atoms with Crippen LogP contribution in [-0.2, 0) is 16.6 Å². The minimum atomic E-state index is -3.49. The number of rotatable bonds is 8. The van der Waals surface area contributed by atoms with Crippen LogP contribution in [0.15, 0.2) is 20.0 Å². The molecule has 7 heteroatoms. The molecule has 0 aliphatic rings. The van der Waals surface area contributed by atoms with E-state index in [1.54, 1.807) is 13.1 Å². The van der Waals surface area contributed by atoms with Gasteiger partial charge in [0, 0.05) is 19.2 Å². The van der Waals surface area contributed by atoms with Crippen molar-refractivity contribution < 1.29 is 12.8 Å². The Morgan fingerprint density at radius 2 is 1.89 bits per heavy atom. The first kappa shape index (κ1) is 16.7. The van der Waals surface area contributed by atoms with Gasteiger partial charge in [0.15, 0.2) is 4.67 Å². The van der Waals surface area contributed by atoms with Gasteiger partial charge in [0.25, 0.3) is 0 Å². The fourth-order valence-electron chi connectivity index (χ4n) is 1.83. The van der Waals surface area contributed by atoms with Crippen molar-refractivity contribution in [3.05, 3.63) is 16.5 Å². The van der Waals surface area contributed by atoms with Crippen LogP contribution in [0.2, 0.25) is 0 Å². The van der Waals surface area contributed by atoms with Gasteiger partial charge in [-0.15, -0.1) is 0 Å². The van der Waals surface area contributed by atoms with E-state index >= 15 is 0 Å². The highest BCUT2D eigenvalue weighted by Crippen LogP contribution is 2.29. The number of halogens is 1. The monoisotopic (exact) mass is 352 g/mol. The van der Waals surface area contributed by atoms with Crippen molar-refractivity contribution in [2.45, 2.75) is 38.1 Å². The fourth-order valence-corrected chi connectivity index (χ4v) is 4.41. The Bertz CT molecular complexity index is 493. The van der Waals surface area contributed by atoms with Crippen LogP contribution < -0.4 is 5.32 Å². The second-order valence-electron chi connectivity index (χ2n) is 4.29. The van der Waals surface area contributed by atoms with Crippen LogP contribution in [0.3, 0.4) is 0 Å². The van der Waals surface area contributed by atoms with E-state index in [2.05, 4.69) is 21.2 Å². The molecule has 0 unspecified atom stereocenters. The van der Waals surface area contributed by atoms with Gasteiger partial charge >= 0.3 is 0 Å². The summed E-state index contributed by atoms with van der Waals surface area (Å²) in [6, 6.07) is 1.58. The number of hydrogen-bond donors (Lipinski definition) is 1. The zero-order chi connectivity index (χ0) is 14.5. The summed E-state index contributed by atoms with van der Waals surface area (Å²) in [5.74, 6) is 0.598. The first-order valence-corrected chi connectivity index (χ1v) is 8.63. The maximum absolute atomic E-state index is 12.6. The van der Waals surface area contributed by atoms with Gasteiger partial charge in [-0.05, 0) is 35.8 Å². The van der Waals surface area contributed by atoms with Gasteiger partial charge in [-0.2, -0.15) is 4.31 Å². The van der Waals surface area contributed by atoms with E-state index < -0.39 is 10.0 Å². The number of hydrogen-bond acceptors (Lipinski definition) is 4. The highest BCUT2D eigenvalue weighted by Gasteiger charge is 2.28. The number of furan rings is 1. The molecule has 0 aliphatic carbocycles. The summed E-state index contributed by atoms with van der Waals surface area (Å²) in [7, 11) is -1.71. The molecule has 0 amide bonds. The Kier molecular flexibility index (Phi) is 6.52. The lowest BCUT2D eigenvalue weighted by molar-refractivity contribution is 0.407. The van der Waals surface area contributed by atoms with E-state index in [1.807, 2.05) is 13.8 Å². The highest BCUT2D eigenvalue weighted by atomic mass is 79.9. The molecule has 0 spiro atoms. The van der Waals surface area contributed by atoms with Gasteiger partial charge in [0.1, 0.15) is 10.7 Å². The minimum Gasteiger partial charge on any atom is -0.452 e. The Morgan fingerprint density at radius 1 is 1.32 bits per heavy atom. The smallest absolute Gasteiger partial charge is 0.247 e. The zero-order valence-electron chi connectivity index (χ0n) is 11.6. The third kappa shape index (κ3) is 4.05. The van der Waals surface area contributed by atoms with E-state index in [9.17, 15) is 8.42 Å². The number of nitrogens with zero attached hydrogens (tertiary/aromatic N) is 1. The summed E-state index contributed by atoms with van der Waals surface area (Å²) in [5, 5.41) is 2.93. The molecule has 19 heavy (non-hydrogen) atoms. The van der Waals surface area contributed by atoms with Crippen LogP contribution in [0.25, 0.3) is 0 Å². The average Bonchev–Trinajstić information content (AvgIpc) is 2.71. The molecule has 0 aliphatic heterocycles. The number of sulfonamides is 1. The molecule has 5 nitrogen and oxygen atoms in total. The lowest BCUT2D eigenvalue weighted by Gasteiger charge is -2.20. The van der Waals surface area contributed by atoms with Crippen LogP contribution in [0.4, 0.5) is 0 Å². The molecular weight excluding hydrogens is 332 g/mol. The summed E-state index contributed by atoms with van der Waals surface area (Å²) >= 11 is 3.19. The van der Waals surface area contributed by atoms with Gasteiger partial charge in [0.2, 0.25) is 10.0 Å². The minimum absolute atomic E-state index is 0.208. The van der Waals surface area contributed by atoms with E-state index in [0.29, 0.717) is 25.4 Å². The Morgan fingerprint density at radius 3 is 2.37 bits per heavy atom. The summed E-state index contributed by atoms with van der Waals surface area (Å²) in [6.07, 6.45) is 1.58. The lowest BCUT2D eigenvalue weighted by Crippen LogP contribution is -2.32. The van der Waals surface area contributed by atoms with Gasteiger partial charge in [-0.3, -0.25) is 0 Å². The summed E-state index contributed by atoms with van der Waals surface area (Å²) in [6.45, 7) is 5.48. The lowest BCUT2D eigenvalue weighted by atomic mass is 10.4. The standard InChI is InChI=1S/C12H21BrN2O3S/c1-4-6-15(7-5-2)19(16,17)11-8-10(9-14-3)18-12(11)13/h8,14H,4-7,9H2,1-3H3. The zero-order valence-corrected chi connectivity index (χ0v) is 14.0. The molecule has 0 saturated carbocycles. The molecule has 0 aromatic carbocycles. The van der Waals surface area contributed by atoms with Crippen LogP contribution in [0.1, 0.15) is 32.4 Å². The maximum Gasteiger partial charge on any atom is 0.247 e. The molecule has 1 rings (SSSR count). The largest absolute Gasteiger partial charge is 0.452 e. The first-order valence-electron chi connectivity index (χ1n) is 6.40. The van der Waals surface area contributed by atoms with Gasteiger partial charge in [-0.1, -0.05) is 13.8 Å². The van der Waals surface area contributed by atoms with Crippen molar-refractivity contribution >= 4 is 26.0 Å². The Balaban J connectivity index is 3.09. The van der Waals surface area contributed by atoms with Crippen LogP contribution in [-0.4, -0.2) is 32.9 Å². The second-order valence-corrected chi connectivity index (χ2v) is 6.91. The third-order valence-corrected chi connectivity index (χ3v) is 5.38. The molecule has 0 saturated heterocycles. The maximum atomic E-state index is 12.6. The quantitative estimate of drug-likeness (QED) is 0.780. The molecule has 0 bridgehead atoms. The highest BCUT2D eigenvalue weighted by molar-refractivity contribution is 9.10. The van der Waals surface area contributed by atoms with E-state index in [1.165, 1.54) is 4.31 Å². The van der Waals surface area contributed by atoms with Crippen molar-refractivity contribution in [3.63, 3.8) is 0 Å². The second kappa shape index (κ2) is 7.42. The number of nitrogens with one attached hydrogen (secondary N) is 1. The molecule has 0 atom stereocenters. The van der Waals surface area contributed by atoms with Crippen molar-refractivity contribution in [2.75, 3.05) is 20.1 Å². The average molecular weight is 353 g/mol. The molecule has 1 aromatic rings. The molecule has 0 fully saturated rings. The van der Waals surface area contributed by atoms with Gasteiger partial charge in [-0.25, -0.2) is 8.42 Å². The molecule has 0 radical (unpaired) electrons. The molecule has 1 N–H and O–H groups in total. The van der Waals surface area contributed by atoms with Crippen molar-refractivity contribution in [2.24, 2.45) is 0 Å². The Hall–Kier alpha value is -0.370. The SMILES string of the molecule is CCCN(CCC)S(=O)(=O)c1cc(CNC)oc1Br. The summed E-state index contributed by atoms with van der Waals surface area (Å²) < 4.78 is 32.3. The summed E-state index contributed by atoms with van der Waals surface area (Å²) in [5.41, 5.74) is 0. The first-order chi connectivity index (χ1) is 8.97. The summed E-state index contributed by atoms with van der Waals surface area (Å²) in [4.78, 5) is 0.208.